The van der Waals surface area contributed by atoms with E-state index in [-0.39, 0.29) is 12.1 Å². The predicted molar refractivity (Wildman–Crippen MR) is 138 cm³/mol. The van der Waals surface area contributed by atoms with Crippen molar-refractivity contribution in [3.63, 3.8) is 0 Å². The maximum Gasteiger partial charge on any atom is 0.410 e. The average molecular weight is 519 g/mol. The number of aromatic nitrogens is 2. The predicted octanol–water partition coefficient (Wildman–Crippen LogP) is 6.04. The van der Waals surface area contributed by atoms with Crippen molar-refractivity contribution < 1.29 is 19.0 Å². The summed E-state index contributed by atoms with van der Waals surface area (Å²) in [5.41, 5.74) is 1.64. The molecular weight excluding hydrogens is 491 g/mol. The zero-order valence-electron chi connectivity index (χ0n) is 20.3. The van der Waals surface area contributed by atoms with Gasteiger partial charge in [-0.2, -0.15) is 0 Å². The van der Waals surface area contributed by atoms with Crippen molar-refractivity contribution in [2.45, 2.75) is 38.8 Å². The molecule has 2 heterocycles. The third kappa shape index (κ3) is 5.49. The quantitative estimate of drug-likeness (QED) is 0.440. The summed E-state index contributed by atoms with van der Waals surface area (Å²) in [4.78, 5) is 23.1. The Kier molecular flexibility index (Phi) is 7.15. The molecule has 1 saturated heterocycles. The number of amides is 1. The topological polar surface area (TPSA) is 85.8 Å². The maximum absolute atomic E-state index is 12.3. The molecule has 1 fully saturated rings. The highest BCUT2D eigenvalue weighted by Gasteiger charge is 2.30. The number of carbonyl (C=O) groups excluding carboxylic acids is 1. The summed E-state index contributed by atoms with van der Waals surface area (Å²) in [7, 11) is 3.08. The van der Waals surface area contributed by atoms with Gasteiger partial charge in [-0.3, -0.25) is 0 Å². The number of benzene rings is 2. The molecule has 0 saturated carbocycles. The molecule has 2 aromatic carbocycles. The molecule has 186 valence electrons. The first-order chi connectivity index (χ1) is 16.6. The van der Waals surface area contributed by atoms with Gasteiger partial charge in [-0.1, -0.05) is 29.3 Å². The van der Waals surface area contributed by atoms with Crippen LogP contribution in [-0.4, -0.2) is 59.9 Å². The molecule has 10 heteroatoms. The molecule has 0 aliphatic carbocycles. The van der Waals surface area contributed by atoms with Crippen molar-refractivity contribution in [2.75, 3.05) is 32.6 Å². The van der Waals surface area contributed by atoms with Crippen LogP contribution in [0.3, 0.4) is 0 Å². The van der Waals surface area contributed by atoms with E-state index in [1.165, 1.54) is 14.2 Å². The number of halogens is 2. The fraction of sp³-hybridized carbons (Fsp3) is 0.400. The van der Waals surface area contributed by atoms with E-state index in [4.69, 9.17) is 37.4 Å². The van der Waals surface area contributed by atoms with Crippen molar-refractivity contribution in [1.29, 1.82) is 0 Å². The molecule has 8 nitrogen and oxygen atoms in total. The fourth-order valence-corrected chi connectivity index (χ4v) is 4.67. The number of ether oxygens (including phenoxy) is 3. The van der Waals surface area contributed by atoms with E-state index in [9.17, 15) is 4.79 Å². The monoisotopic (exact) mass is 518 g/mol. The molecule has 0 spiro atoms. The SMILES string of the molecule is COc1cc(OC)c(Cl)c(-c2ccc3nc(N[C@H]4CCN(C(=O)OC(C)(C)C)C4)ncc3c2)c1Cl. The van der Waals surface area contributed by atoms with E-state index in [0.29, 0.717) is 46.1 Å². The van der Waals surface area contributed by atoms with Gasteiger partial charge in [0.1, 0.15) is 17.1 Å². The van der Waals surface area contributed by atoms with Crippen molar-refractivity contribution in [3.05, 3.63) is 40.5 Å². The van der Waals surface area contributed by atoms with Gasteiger partial charge >= 0.3 is 6.09 Å². The zero-order valence-corrected chi connectivity index (χ0v) is 21.8. The standard InChI is InChI=1S/C25H28Cl2N4O4/c1-25(2,3)35-24(32)31-9-8-16(13-31)29-23-28-12-15-10-14(6-7-17(15)30-23)20-21(26)18(33-4)11-19(34-5)22(20)27/h6-7,10-12,16H,8-9,13H2,1-5H3,(H,28,29,30)/t16-/m0/s1. The van der Waals surface area contributed by atoms with Gasteiger partial charge in [0.15, 0.2) is 0 Å². The van der Waals surface area contributed by atoms with Crippen molar-refractivity contribution in [2.24, 2.45) is 0 Å². The Labute approximate surface area is 214 Å². The number of methoxy groups -OCH3 is 2. The summed E-state index contributed by atoms with van der Waals surface area (Å²) in [5.74, 6) is 1.44. The minimum Gasteiger partial charge on any atom is -0.495 e. The number of likely N-dealkylation sites (tertiary alicyclic amines) is 1. The number of nitrogens with zero attached hydrogens (tertiary/aromatic N) is 3. The third-order valence-corrected chi connectivity index (χ3v) is 6.37. The smallest absolute Gasteiger partial charge is 0.410 e. The second-order valence-electron chi connectivity index (χ2n) is 9.31. The second-order valence-corrected chi connectivity index (χ2v) is 10.1. The Morgan fingerprint density at radius 2 is 1.80 bits per heavy atom. The lowest BCUT2D eigenvalue weighted by Gasteiger charge is -2.24. The highest BCUT2D eigenvalue weighted by Crippen LogP contribution is 2.46. The minimum absolute atomic E-state index is 0.0427. The van der Waals surface area contributed by atoms with Gasteiger partial charge in [-0.05, 0) is 44.9 Å². The van der Waals surface area contributed by atoms with Crippen molar-refractivity contribution >= 4 is 46.1 Å². The van der Waals surface area contributed by atoms with Gasteiger partial charge < -0.3 is 24.4 Å². The van der Waals surface area contributed by atoms with Crippen LogP contribution in [0.15, 0.2) is 30.5 Å². The van der Waals surface area contributed by atoms with E-state index in [1.807, 2.05) is 39.0 Å². The van der Waals surface area contributed by atoms with Crippen LogP contribution in [0.25, 0.3) is 22.0 Å². The van der Waals surface area contributed by atoms with Crippen LogP contribution in [0.4, 0.5) is 10.7 Å². The molecule has 1 aromatic heterocycles. The minimum atomic E-state index is -0.520. The molecule has 0 bridgehead atoms. The van der Waals surface area contributed by atoms with Gasteiger partial charge in [-0.15, -0.1) is 0 Å². The Morgan fingerprint density at radius 3 is 2.43 bits per heavy atom. The number of fused-ring (bicyclic) bond motifs is 1. The van der Waals surface area contributed by atoms with Gasteiger partial charge in [0, 0.05) is 42.3 Å². The number of rotatable bonds is 5. The zero-order chi connectivity index (χ0) is 25.3. The molecule has 4 rings (SSSR count). The maximum atomic E-state index is 12.3. The first kappa shape index (κ1) is 25.1. The number of carbonyl (C=O) groups is 1. The van der Waals surface area contributed by atoms with Gasteiger partial charge in [-0.25, -0.2) is 14.8 Å². The summed E-state index contributed by atoms with van der Waals surface area (Å²) >= 11 is 13.2. The van der Waals surface area contributed by atoms with Crippen molar-refractivity contribution in [1.82, 2.24) is 14.9 Å². The van der Waals surface area contributed by atoms with Gasteiger partial charge in [0.25, 0.3) is 0 Å². The van der Waals surface area contributed by atoms with Gasteiger partial charge in [0.05, 0.1) is 29.8 Å². The summed E-state index contributed by atoms with van der Waals surface area (Å²) in [5, 5.41) is 4.94. The van der Waals surface area contributed by atoms with E-state index in [0.717, 1.165) is 22.9 Å². The molecule has 35 heavy (non-hydrogen) atoms. The van der Waals surface area contributed by atoms with Crippen LogP contribution >= 0.6 is 23.2 Å². The highest BCUT2D eigenvalue weighted by molar-refractivity contribution is 6.41. The van der Waals surface area contributed by atoms with E-state index >= 15 is 0 Å². The van der Waals surface area contributed by atoms with Crippen LogP contribution in [0, 0.1) is 0 Å². The average Bonchev–Trinajstić information content (AvgIpc) is 3.27. The molecule has 1 atom stereocenters. The summed E-state index contributed by atoms with van der Waals surface area (Å²) in [6.45, 7) is 6.73. The van der Waals surface area contributed by atoms with Crippen LogP contribution < -0.4 is 14.8 Å². The molecule has 1 amide bonds. The lowest BCUT2D eigenvalue weighted by atomic mass is 10.0. The number of nitrogens with one attached hydrogen (secondary N) is 1. The molecule has 1 N–H and O–H groups in total. The highest BCUT2D eigenvalue weighted by atomic mass is 35.5. The molecule has 1 aliphatic rings. The number of hydrogen-bond donors (Lipinski definition) is 1. The Hall–Kier alpha value is -2.97. The van der Waals surface area contributed by atoms with Crippen LogP contribution in [-0.2, 0) is 4.74 Å². The lowest BCUT2D eigenvalue weighted by Crippen LogP contribution is -2.36. The fourth-order valence-electron chi connectivity index (χ4n) is 3.95. The van der Waals surface area contributed by atoms with Gasteiger partial charge in [0.2, 0.25) is 5.95 Å². The molecule has 0 unspecified atom stereocenters. The van der Waals surface area contributed by atoms with Crippen LogP contribution in [0.1, 0.15) is 27.2 Å². The van der Waals surface area contributed by atoms with Crippen LogP contribution in [0.2, 0.25) is 10.0 Å². The van der Waals surface area contributed by atoms with E-state index < -0.39 is 5.60 Å². The number of hydrogen-bond acceptors (Lipinski definition) is 7. The first-order valence-corrected chi connectivity index (χ1v) is 12.0. The Bertz CT molecular complexity index is 1230. The first-order valence-electron chi connectivity index (χ1n) is 11.2. The molecule has 0 radical (unpaired) electrons. The second kappa shape index (κ2) is 9.95. The van der Waals surface area contributed by atoms with Crippen molar-refractivity contribution in [3.8, 4) is 22.6 Å². The Morgan fingerprint density at radius 1 is 1.11 bits per heavy atom. The third-order valence-electron chi connectivity index (χ3n) is 5.62. The number of anilines is 1. The lowest BCUT2D eigenvalue weighted by molar-refractivity contribution is 0.0293. The largest absolute Gasteiger partial charge is 0.495 e. The molecule has 1 aliphatic heterocycles. The Balaban J connectivity index is 1.54. The summed E-state index contributed by atoms with van der Waals surface area (Å²) in [6.07, 6.45) is 2.22. The normalized spacial score (nSPS) is 15.9. The van der Waals surface area contributed by atoms with E-state index in [1.54, 1.807) is 17.2 Å². The molecule has 3 aromatic rings. The van der Waals surface area contributed by atoms with E-state index in [2.05, 4.69) is 15.3 Å². The van der Waals surface area contributed by atoms with Crippen LogP contribution in [0.5, 0.6) is 11.5 Å². The molecular formula is C25H28Cl2N4O4. The summed E-state index contributed by atoms with van der Waals surface area (Å²) < 4.78 is 16.2. The summed E-state index contributed by atoms with van der Waals surface area (Å²) in [6, 6.07) is 7.40.